The van der Waals surface area contributed by atoms with E-state index in [9.17, 15) is 9.90 Å². The number of hydrogen-bond acceptors (Lipinski definition) is 3. The highest BCUT2D eigenvalue weighted by atomic mass is 16.4. The number of hydrogen-bond donors (Lipinski definition) is 1. The zero-order valence-corrected chi connectivity index (χ0v) is 13.4. The minimum atomic E-state index is -0.653. The Hall–Kier alpha value is -1.36. The second-order valence-electron chi connectivity index (χ2n) is 6.30. The van der Waals surface area contributed by atoms with Crippen LogP contribution in [0.15, 0.2) is 12.3 Å². The van der Waals surface area contributed by atoms with Crippen LogP contribution in [0.1, 0.15) is 58.2 Å². The average Bonchev–Trinajstić information content (AvgIpc) is 2.94. The second-order valence-corrected chi connectivity index (χ2v) is 6.30. The standard InChI is InChI=1S/C16H27N3O2/c1-4-13(3)19-10-7-14(17-19)11-18-9-6-8-16(5-2,12-18)15(20)21/h7,10,13H,4-6,8-9,11-12H2,1-3H3,(H,20,21). The molecular formula is C16H27N3O2. The van der Waals surface area contributed by atoms with E-state index in [-0.39, 0.29) is 0 Å². The molecule has 0 amide bonds. The van der Waals surface area contributed by atoms with Crippen molar-refractivity contribution in [1.29, 1.82) is 0 Å². The topological polar surface area (TPSA) is 58.4 Å². The molecule has 1 aliphatic heterocycles. The molecule has 118 valence electrons. The Balaban J connectivity index is 2.02. The molecular weight excluding hydrogens is 266 g/mol. The summed E-state index contributed by atoms with van der Waals surface area (Å²) in [6, 6.07) is 2.46. The molecule has 0 saturated carbocycles. The molecule has 1 aromatic rings. The quantitative estimate of drug-likeness (QED) is 0.876. The van der Waals surface area contributed by atoms with Gasteiger partial charge in [-0.2, -0.15) is 5.10 Å². The molecule has 2 atom stereocenters. The zero-order valence-electron chi connectivity index (χ0n) is 13.4. The van der Waals surface area contributed by atoms with Crippen LogP contribution in [0.4, 0.5) is 0 Å². The van der Waals surface area contributed by atoms with E-state index in [2.05, 4.69) is 29.9 Å². The van der Waals surface area contributed by atoms with Crippen molar-refractivity contribution >= 4 is 5.97 Å². The first-order valence-electron chi connectivity index (χ1n) is 8.00. The summed E-state index contributed by atoms with van der Waals surface area (Å²) in [4.78, 5) is 13.8. The summed E-state index contributed by atoms with van der Waals surface area (Å²) in [5.74, 6) is -0.653. The number of carboxylic acids is 1. The maximum Gasteiger partial charge on any atom is 0.310 e. The molecule has 1 N–H and O–H groups in total. The average molecular weight is 293 g/mol. The summed E-state index contributed by atoms with van der Waals surface area (Å²) in [5.41, 5.74) is 0.463. The van der Waals surface area contributed by atoms with Crippen LogP contribution in [0.2, 0.25) is 0 Å². The molecule has 1 aliphatic rings. The smallest absolute Gasteiger partial charge is 0.310 e. The first-order chi connectivity index (χ1) is 10.0. The van der Waals surface area contributed by atoms with Gasteiger partial charge in [-0.15, -0.1) is 0 Å². The van der Waals surface area contributed by atoms with Gasteiger partial charge in [0.25, 0.3) is 0 Å². The summed E-state index contributed by atoms with van der Waals surface area (Å²) in [6.07, 6.45) is 5.52. The maximum absolute atomic E-state index is 11.6. The van der Waals surface area contributed by atoms with E-state index in [1.165, 1.54) is 0 Å². The predicted molar refractivity (Wildman–Crippen MR) is 82.1 cm³/mol. The van der Waals surface area contributed by atoms with E-state index in [0.29, 0.717) is 19.0 Å². The Kier molecular flexibility index (Phi) is 5.04. The summed E-state index contributed by atoms with van der Waals surface area (Å²) in [5, 5.41) is 14.2. The van der Waals surface area contributed by atoms with Crippen molar-refractivity contribution in [1.82, 2.24) is 14.7 Å². The van der Waals surface area contributed by atoms with Gasteiger partial charge in [-0.1, -0.05) is 13.8 Å². The Labute approximate surface area is 126 Å². The SMILES string of the molecule is CCC(C)n1ccc(CN2CCCC(CC)(C(=O)O)C2)n1. The van der Waals surface area contributed by atoms with Gasteiger partial charge in [0.1, 0.15) is 0 Å². The number of aliphatic carboxylic acids is 1. The first-order valence-corrected chi connectivity index (χ1v) is 8.00. The van der Waals surface area contributed by atoms with Gasteiger partial charge in [-0.05, 0) is 45.2 Å². The molecule has 1 aromatic heterocycles. The minimum absolute atomic E-state index is 0.411. The van der Waals surface area contributed by atoms with Crippen molar-refractivity contribution in [2.45, 2.75) is 59.0 Å². The van der Waals surface area contributed by atoms with E-state index in [1.807, 2.05) is 17.8 Å². The van der Waals surface area contributed by atoms with Crippen LogP contribution in [0.25, 0.3) is 0 Å². The fourth-order valence-corrected chi connectivity index (χ4v) is 3.10. The van der Waals surface area contributed by atoms with Gasteiger partial charge in [-0.3, -0.25) is 14.4 Å². The van der Waals surface area contributed by atoms with Crippen molar-refractivity contribution in [3.05, 3.63) is 18.0 Å². The number of piperidine rings is 1. The number of nitrogens with zero attached hydrogens (tertiary/aromatic N) is 3. The highest BCUT2D eigenvalue weighted by molar-refractivity contribution is 5.75. The fraction of sp³-hybridized carbons (Fsp3) is 0.750. The lowest BCUT2D eigenvalue weighted by molar-refractivity contribution is -0.153. The van der Waals surface area contributed by atoms with Crippen LogP contribution < -0.4 is 0 Å². The van der Waals surface area contributed by atoms with Crippen LogP contribution in [0, 0.1) is 5.41 Å². The Morgan fingerprint density at radius 1 is 1.52 bits per heavy atom. The van der Waals surface area contributed by atoms with Crippen molar-refractivity contribution in [2.24, 2.45) is 5.41 Å². The number of carboxylic acid groups (broad SMARTS) is 1. The van der Waals surface area contributed by atoms with Crippen LogP contribution >= 0.6 is 0 Å². The van der Waals surface area contributed by atoms with Gasteiger partial charge < -0.3 is 5.11 Å². The summed E-state index contributed by atoms with van der Waals surface area (Å²) >= 11 is 0. The molecule has 2 unspecified atom stereocenters. The Bertz CT molecular complexity index is 486. The van der Waals surface area contributed by atoms with Gasteiger partial charge in [0.05, 0.1) is 11.1 Å². The molecule has 0 spiro atoms. The lowest BCUT2D eigenvalue weighted by Crippen LogP contribution is -2.47. The maximum atomic E-state index is 11.6. The van der Waals surface area contributed by atoms with E-state index in [4.69, 9.17) is 0 Å². The summed E-state index contributed by atoms with van der Waals surface area (Å²) < 4.78 is 2.00. The van der Waals surface area contributed by atoms with Crippen LogP contribution in [0.5, 0.6) is 0 Å². The molecule has 5 heteroatoms. The monoisotopic (exact) mass is 293 g/mol. The number of aromatic nitrogens is 2. The fourth-order valence-electron chi connectivity index (χ4n) is 3.10. The first kappa shape index (κ1) is 16.0. The van der Waals surface area contributed by atoms with Crippen LogP contribution in [0.3, 0.4) is 0 Å². The third-order valence-electron chi connectivity index (χ3n) is 4.88. The minimum Gasteiger partial charge on any atom is -0.481 e. The molecule has 1 saturated heterocycles. The Morgan fingerprint density at radius 3 is 2.90 bits per heavy atom. The van der Waals surface area contributed by atoms with Crippen molar-refractivity contribution in [3.8, 4) is 0 Å². The van der Waals surface area contributed by atoms with E-state index in [0.717, 1.165) is 38.0 Å². The lowest BCUT2D eigenvalue weighted by atomic mass is 9.77. The second kappa shape index (κ2) is 6.60. The molecule has 21 heavy (non-hydrogen) atoms. The molecule has 0 aromatic carbocycles. The molecule has 5 nitrogen and oxygen atoms in total. The van der Waals surface area contributed by atoms with Crippen molar-refractivity contribution in [3.63, 3.8) is 0 Å². The highest BCUT2D eigenvalue weighted by Crippen LogP contribution is 2.34. The van der Waals surface area contributed by atoms with E-state index in [1.54, 1.807) is 0 Å². The highest BCUT2D eigenvalue weighted by Gasteiger charge is 2.40. The number of rotatable bonds is 6. The summed E-state index contributed by atoms with van der Waals surface area (Å²) in [7, 11) is 0. The predicted octanol–water partition coefficient (Wildman–Crippen LogP) is 2.93. The molecule has 0 aliphatic carbocycles. The Morgan fingerprint density at radius 2 is 2.29 bits per heavy atom. The zero-order chi connectivity index (χ0) is 15.5. The van der Waals surface area contributed by atoms with Gasteiger partial charge in [0.15, 0.2) is 0 Å². The number of carbonyl (C=O) groups is 1. The molecule has 2 rings (SSSR count). The van der Waals surface area contributed by atoms with Crippen LogP contribution in [-0.2, 0) is 11.3 Å². The van der Waals surface area contributed by atoms with Crippen molar-refractivity contribution in [2.75, 3.05) is 13.1 Å². The number of likely N-dealkylation sites (tertiary alicyclic amines) is 1. The molecule has 0 radical (unpaired) electrons. The van der Waals surface area contributed by atoms with Gasteiger partial charge in [0.2, 0.25) is 0 Å². The third kappa shape index (κ3) is 3.46. The van der Waals surface area contributed by atoms with E-state index < -0.39 is 11.4 Å². The molecule has 1 fully saturated rings. The van der Waals surface area contributed by atoms with Gasteiger partial charge in [0, 0.05) is 25.3 Å². The summed E-state index contributed by atoms with van der Waals surface area (Å²) in [6.45, 7) is 8.64. The largest absolute Gasteiger partial charge is 0.481 e. The van der Waals surface area contributed by atoms with Gasteiger partial charge >= 0.3 is 5.97 Å². The molecule has 2 heterocycles. The molecule has 0 bridgehead atoms. The van der Waals surface area contributed by atoms with Crippen molar-refractivity contribution < 1.29 is 9.90 Å². The van der Waals surface area contributed by atoms with E-state index >= 15 is 0 Å². The van der Waals surface area contributed by atoms with Crippen LogP contribution in [-0.4, -0.2) is 38.8 Å². The van der Waals surface area contributed by atoms with Gasteiger partial charge in [-0.25, -0.2) is 0 Å². The lowest BCUT2D eigenvalue weighted by Gasteiger charge is -2.39. The third-order valence-corrected chi connectivity index (χ3v) is 4.88. The normalized spacial score (nSPS) is 24.9.